The molecule has 8 heteroatoms. The van der Waals surface area contributed by atoms with Crippen molar-refractivity contribution >= 4 is 29.6 Å². The van der Waals surface area contributed by atoms with Crippen molar-refractivity contribution in [2.75, 3.05) is 26.0 Å². The third-order valence-electron chi connectivity index (χ3n) is 6.12. The van der Waals surface area contributed by atoms with Gasteiger partial charge in [-0.3, -0.25) is 20.1 Å². The van der Waals surface area contributed by atoms with Gasteiger partial charge in [0.1, 0.15) is 5.69 Å². The van der Waals surface area contributed by atoms with Crippen molar-refractivity contribution in [1.82, 2.24) is 30.0 Å². The van der Waals surface area contributed by atoms with Crippen LogP contribution in [0.15, 0.2) is 85.2 Å². The van der Waals surface area contributed by atoms with Gasteiger partial charge >= 0.3 is 0 Å². The summed E-state index contributed by atoms with van der Waals surface area (Å²) in [5, 5.41) is 12.6. The third kappa shape index (κ3) is 6.55. The maximum absolute atomic E-state index is 4.55. The standard InChI is InChI=1S/C31H34N8/c1-8-34-31(24-11-13-32-14-12-24)27-16-29(36-23(27)5)30-22(4)28(37-38-30)10-9-20(2)25-15-26(18-33-17-25)35-21(3)19-39(6)7/h8-18,35-37H,1,3-4,19H2,2,5-7H3/b20-9+,28-10+,34-31?. The molecule has 0 aliphatic heterocycles. The van der Waals surface area contributed by atoms with Gasteiger partial charge in [0.15, 0.2) is 0 Å². The first kappa shape index (κ1) is 27.2. The number of H-pyrrole nitrogens is 2. The SMILES string of the molecule is C=CN=C(c1ccncc1)c1cc(-c2n[nH]/c(=C/C=C(\C)c3cncc(NC(=C)CN(C)C)c3)c2=C)[nH]c1C. The van der Waals surface area contributed by atoms with Crippen molar-refractivity contribution < 1.29 is 0 Å². The summed E-state index contributed by atoms with van der Waals surface area (Å²) < 4.78 is 0. The Morgan fingerprint density at radius 1 is 1.13 bits per heavy atom. The van der Waals surface area contributed by atoms with Crippen LogP contribution in [0.2, 0.25) is 0 Å². The molecule has 4 rings (SSSR count). The van der Waals surface area contributed by atoms with E-state index < -0.39 is 0 Å². The van der Waals surface area contributed by atoms with Crippen molar-refractivity contribution in [2.45, 2.75) is 13.8 Å². The molecule has 0 amide bonds. The van der Waals surface area contributed by atoms with Gasteiger partial charge in [0.25, 0.3) is 0 Å². The smallest absolute Gasteiger partial charge is 0.116 e. The average molecular weight is 519 g/mol. The zero-order chi connectivity index (χ0) is 27.9. The Labute approximate surface area is 229 Å². The van der Waals surface area contributed by atoms with Crippen LogP contribution in [0.1, 0.15) is 29.3 Å². The van der Waals surface area contributed by atoms with Crippen molar-refractivity contribution in [3.05, 3.63) is 113 Å². The number of allylic oxidation sites excluding steroid dienone is 2. The lowest BCUT2D eigenvalue weighted by Gasteiger charge is -2.14. The molecule has 0 bridgehead atoms. The summed E-state index contributed by atoms with van der Waals surface area (Å²) in [5.41, 5.74) is 9.19. The van der Waals surface area contributed by atoms with E-state index in [-0.39, 0.29) is 0 Å². The number of aromatic amines is 2. The number of hydrogen-bond donors (Lipinski definition) is 3. The van der Waals surface area contributed by atoms with Crippen molar-refractivity contribution in [3.8, 4) is 11.4 Å². The topological polar surface area (TPSA) is 97.9 Å². The summed E-state index contributed by atoms with van der Waals surface area (Å²) in [5.74, 6) is 0. The number of nitrogens with zero attached hydrogens (tertiary/aromatic N) is 5. The minimum absolute atomic E-state index is 0.745. The molecule has 198 valence electrons. The Bertz CT molecular complexity index is 1650. The monoisotopic (exact) mass is 518 g/mol. The molecule has 0 spiro atoms. The van der Waals surface area contributed by atoms with Gasteiger partial charge in [-0.1, -0.05) is 25.8 Å². The molecule has 4 heterocycles. The number of aromatic nitrogens is 5. The van der Waals surface area contributed by atoms with Crippen molar-refractivity contribution in [3.63, 3.8) is 0 Å². The normalized spacial score (nSPS) is 12.7. The molecule has 0 saturated heterocycles. The van der Waals surface area contributed by atoms with Crippen molar-refractivity contribution in [1.29, 1.82) is 0 Å². The number of rotatable bonds is 10. The third-order valence-corrected chi connectivity index (χ3v) is 6.12. The van der Waals surface area contributed by atoms with E-state index in [1.807, 2.05) is 64.5 Å². The fourth-order valence-corrected chi connectivity index (χ4v) is 4.23. The maximum atomic E-state index is 4.55. The Morgan fingerprint density at radius 2 is 1.90 bits per heavy atom. The van der Waals surface area contributed by atoms with Crippen LogP contribution in [0.25, 0.3) is 29.6 Å². The molecule has 0 aliphatic rings. The quantitative estimate of drug-likeness (QED) is 0.273. The maximum Gasteiger partial charge on any atom is 0.116 e. The Kier molecular flexibility index (Phi) is 8.48. The van der Waals surface area contributed by atoms with Gasteiger partial charge in [-0.05, 0) is 69.4 Å². The summed E-state index contributed by atoms with van der Waals surface area (Å²) in [7, 11) is 4.02. The molecule has 0 saturated carbocycles. The molecule has 0 radical (unpaired) electrons. The fraction of sp³-hybridized carbons (Fsp3) is 0.161. The summed E-state index contributed by atoms with van der Waals surface area (Å²) in [6.45, 7) is 17.0. The van der Waals surface area contributed by atoms with Gasteiger partial charge in [-0.2, -0.15) is 5.10 Å². The highest BCUT2D eigenvalue weighted by molar-refractivity contribution is 6.14. The van der Waals surface area contributed by atoms with E-state index in [2.05, 4.69) is 66.2 Å². The summed E-state index contributed by atoms with van der Waals surface area (Å²) in [6, 6.07) is 7.96. The molecular formula is C31H34N8. The van der Waals surface area contributed by atoms with Crippen LogP contribution in [-0.4, -0.2) is 56.4 Å². The first-order valence-electron chi connectivity index (χ1n) is 12.5. The first-order valence-corrected chi connectivity index (χ1v) is 12.5. The molecule has 0 atom stereocenters. The van der Waals surface area contributed by atoms with Gasteiger partial charge in [0.05, 0.1) is 28.6 Å². The van der Waals surface area contributed by atoms with Crippen LogP contribution < -0.4 is 15.9 Å². The average Bonchev–Trinajstić information content (AvgIpc) is 3.47. The number of nitrogens with one attached hydrogen (secondary N) is 3. The predicted molar refractivity (Wildman–Crippen MR) is 162 cm³/mol. The zero-order valence-corrected chi connectivity index (χ0v) is 22.9. The van der Waals surface area contributed by atoms with Crippen LogP contribution >= 0.6 is 0 Å². The van der Waals surface area contributed by atoms with Gasteiger partial charge in [-0.15, -0.1) is 0 Å². The summed E-state index contributed by atoms with van der Waals surface area (Å²) >= 11 is 0. The molecule has 4 aromatic heterocycles. The minimum Gasteiger partial charge on any atom is -0.357 e. The number of hydrogen-bond acceptors (Lipinski definition) is 6. The highest BCUT2D eigenvalue weighted by atomic mass is 15.1. The number of aliphatic imine (C=N–C) groups is 1. The highest BCUT2D eigenvalue weighted by Gasteiger charge is 2.15. The Morgan fingerprint density at radius 3 is 2.62 bits per heavy atom. The minimum atomic E-state index is 0.745. The van der Waals surface area contributed by atoms with Gasteiger partial charge in [0.2, 0.25) is 0 Å². The second-order valence-corrected chi connectivity index (χ2v) is 9.53. The predicted octanol–water partition coefficient (Wildman–Crippen LogP) is 4.27. The van der Waals surface area contributed by atoms with Crippen LogP contribution in [0.5, 0.6) is 0 Å². The lowest BCUT2D eigenvalue weighted by molar-refractivity contribution is 0.447. The van der Waals surface area contributed by atoms with E-state index in [4.69, 9.17) is 0 Å². The number of pyridine rings is 2. The van der Waals surface area contributed by atoms with Gasteiger partial charge < -0.3 is 15.2 Å². The van der Waals surface area contributed by atoms with Crippen LogP contribution in [0.4, 0.5) is 5.69 Å². The lowest BCUT2D eigenvalue weighted by Crippen LogP contribution is -2.21. The number of likely N-dealkylation sites (N-methyl/N-ethyl adjacent to an activating group) is 1. The van der Waals surface area contributed by atoms with E-state index in [1.54, 1.807) is 24.8 Å². The molecule has 0 unspecified atom stereocenters. The molecule has 0 fully saturated rings. The van der Waals surface area contributed by atoms with E-state index in [9.17, 15) is 0 Å². The van der Waals surface area contributed by atoms with Crippen LogP contribution in [0.3, 0.4) is 0 Å². The summed E-state index contributed by atoms with van der Waals surface area (Å²) in [6.07, 6.45) is 12.7. The zero-order valence-electron chi connectivity index (χ0n) is 22.9. The van der Waals surface area contributed by atoms with Crippen LogP contribution in [0, 0.1) is 6.92 Å². The molecule has 4 aromatic rings. The molecule has 3 N–H and O–H groups in total. The molecule has 0 aromatic carbocycles. The van der Waals surface area contributed by atoms with Crippen LogP contribution in [-0.2, 0) is 0 Å². The molecule has 8 nitrogen and oxygen atoms in total. The Hall–Kier alpha value is -4.82. The molecule has 0 aliphatic carbocycles. The Balaban J connectivity index is 1.60. The van der Waals surface area contributed by atoms with Gasteiger partial charge in [-0.25, -0.2) is 0 Å². The van der Waals surface area contributed by atoms with Crippen molar-refractivity contribution in [2.24, 2.45) is 4.99 Å². The second kappa shape index (κ2) is 12.1. The first-order chi connectivity index (χ1) is 18.8. The van der Waals surface area contributed by atoms with E-state index in [0.29, 0.717) is 0 Å². The fourth-order valence-electron chi connectivity index (χ4n) is 4.23. The molecule has 39 heavy (non-hydrogen) atoms. The van der Waals surface area contributed by atoms with E-state index >= 15 is 0 Å². The largest absolute Gasteiger partial charge is 0.357 e. The highest BCUT2D eigenvalue weighted by Crippen LogP contribution is 2.21. The van der Waals surface area contributed by atoms with E-state index in [0.717, 1.165) is 73.6 Å². The molecular weight excluding hydrogens is 484 g/mol. The second-order valence-electron chi connectivity index (χ2n) is 9.53. The summed E-state index contributed by atoms with van der Waals surface area (Å²) in [4.78, 5) is 18.5. The van der Waals surface area contributed by atoms with E-state index in [1.165, 1.54) is 0 Å². The number of anilines is 1. The lowest BCUT2D eigenvalue weighted by atomic mass is 10.0. The van der Waals surface area contributed by atoms with Gasteiger partial charge in [0, 0.05) is 59.1 Å². The number of aryl methyl sites for hydroxylation is 1.